The van der Waals surface area contributed by atoms with Gasteiger partial charge in [-0.1, -0.05) is 0 Å². The van der Waals surface area contributed by atoms with E-state index in [1.807, 2.05) is 6.92 Å². The highest BCUT2D eigenvalue weighted by molar-refractivity contribution is 6.18. The average molecular weight is 213 g/mol. The molecule has 0 rings (SSSR count). The van der Waals surface area contributed by atoms with Crippen molar-refractivity contribution < 1.29 is 4.79 Å². The van der Waals surface area contributed by atoms with E-state index in [2.05, 4.69) is 5.32 Å². The Morgan fingerprint density at radius 1 is 1.33 bits per heavy atom. The summed E-state index contributed by atoms with van der Waals surface area (Å²) < 4.78 is 0. The van der Waals surface area contributed by atoms with Crippen LogP contribution in [-0.2, 0) is 0 Å². The molecule has 0 aromatic rings. The van der Waals surface area contributed by atoms with Crippen LogP contribution < -0.4 is 5.32 Å². The van der Waals surface area contributed by atoms with Crippen LogP contribution in [0, 0.1) is 0 Å². The highest BCUT2D eigenvalue weighted by Crippen LogP contribution is 1.92. The first-order valence-corrected chi connectivity index (χ1v) is 4.97. The van der Waals surface area contributed by atoms with Crippen LogP contribution in [0.2, 0.25) is 0 Å². The fourth-order valence-corrected chi connectivity index (χ4v) is 1.19. The third kappa shape index (κ3) is 4.67. The molecule has 0 aromatic carbocycles. The molecule has 72 valence electrons. The van der Waals surface area contributed by atoms with Gasteiger partial charge in [-0.15, -0.1) is 23.2 Å². The van der Waals surface area contributed by atoms with Gasteiger partial charge in [0.1, 0.15) is 0 Å². The number of carbonyl (C=O) groups excluding carboxylic acids is 1. The van der Waals surface area contributed by atoms with Crippen LogP contribution in [0.5, 0.6) is 0 Å². The van der Waals surface area contributed by atoms with Crippen LogP contribution in [0.4, 0.5) is 4.79 Å². The normalized spacial score (nSPS) is 9.58. The van der Waals surface area contributed by atoms with Gasteiger partial charge in [-0.3, -0.25) is 0 Å². The molecule has 0 fully saturated rings. The highest BCUT2D eigenvalue weighted by Gasteiger charge is 2.09. The first-order chi connectivity index (χ1) is 5.76. The number of nitrogens with one attached hydrogen (secondary N) is 1. The first kappa shape index (κ1) is 11.8. The second-order valence-corrected chi connectivity index (χ2v) is 2.96. The third-order valence-electron chi connectivity index (χ3n) is 1.32. The van der Waals surface area contributed by atoms with E-state index in [0.29, 0.717) is 31.4 Å². The molecule has 0 spiro atoms. The van der Waals surface area contributed by atoms with E-state index in [-0.39, 0.29) is 6.03 Å². The fraction of sp³-hybridized carbons (Fsp3) is 0.857. The van der Waals surface area contributed by atoms with Gasteiger partial charge in [-0.05, 0) is 6.92 Å². The van der Waals surface area contributed by atoms with Crippen molar-refractivity contribution in [1.29, 1.82) is 0 Å². The number of hydrogen-bond donors (Lipinski definition) is 1. The maximum absolute atomic E-state index is 11.2. The maximum Gasteiger partial charge on any atom is 0.317 e. The van der Waals surface area contributed by atoms with Crippen molar-refractivity contribution in [2.75, 3.05) is 31.4 Å². The van der Waals surface area contributed by atoms with Gasteiger partial charge >= 0.3 is 6.03 Å². The van der Waals surface area contributed by atoms with Gasteiger partial charge in [0.2, 0.25) is 0 Å². The van der Waals surface area contributed by atoms with Gasteiger partial charge in [-0.2, -0.15) is 0 Å². The van der Waals surface area contributed by atoms with Crippen molar-refractivity contribution in [2.24, 2.45) is 0 Å². The Kier molecular flexibility index (Phi) is 7.40. The molecule has 0 atom stereocenters. The van der Waals surface area contributed by atoms with Crippen LogP contribution in [0.15, 0.2) is 0 Å². The third-order valence-corrected chi connectivity index (χ3v) is 1.66. The first-order valence-electron chi connectivity index (χ1n) is 3.91. The van der Waals surface area contributed by atoms with Gasteiger partial charge in [0.05, 0.1) is 0 Å². The minimum absolute atomic E-state index is 0.0983. The lowest BCUT2D eigenvalue weighted by atomic mass is 10.5. The van der Waals surface area contributed by atoms with Gasteiger partial charge in [-0.25, -0.2) is 4.79 Å². The Morgan fingerprint density at radius 3 is 2.17 bits per heavy atom. The number of rotatable bonds is 5. The maximum atomic E-state index is 11.2. The van der Waals surface area contributed by atoms with Crippen LogP contribution in [0.1, 0.15) is 6.92 Å². The minimum Gasteiger partial charge on any atom is -0.338 e. The van der Waals surface area contributed by atoms with Crippen LogP contribution in [0.3, 0.4) is 0 Å². The fourth-order valence-electron chi connectivity index (χ4n) is 0.782. The van der Waals surface area contributed by atoms with Crippen molar-refractivity contribution in [3.05, 3.63) is 0 Å². The monoisotopic (exact) mass is 212 g/mol. The van der Waals surface area contributed by atoms with Crippen molar-refractivity contribution >= 4 is 29.2 Å². The molecule has 0 heterocycles. The van der Waals surface area contributed by atoms with Crippen molar-refractivity contribution in [3.63, 3.8) is 0 Å². The zero-order chi connectivity index (χ0) is 9.40. The summed E-state index contributed by atoms with van der Waals surface area (Å²) in [6, 6.07) is -0.0983. The Morgan fingerprint density at radius 2 is 1.83 bits per heavy atom. The summed E-state index contributed by atoms with van der Waals surface area (Å²) >= 11 is 11.0. The molecule has 0 bridgehead atoms. The SMILES string of the molecule is CCNC(=O)N(CCCl)CCCl. The molecule has 0 aromatic heterocycles. The predicted molar refractivity (Wildman–Crippen MR) is 52.1 cm³/mol. The zero-order valence-electron chi connectivity index (χ0n) is 7.15. The van der Waals surface area contributed by atoms with Gasteiger partial charge in [0.15, 0.2) is 0 Å². The second kappa shape index (κ2) is 7.50. The summed E-state index contributed by atoms with van der Waals surface area (Å²) in [5, 5.41) is 2.68. The summed E-state index contributed by atoms with van der Waals surface area (Å²) in [7, 11) is 0. The molecule has 0 saturated heterocycles. The Hall–Kier alpha value is -0.150. The molecule has 5 heteroatoms. The summed E-state index contributed by atoms with van der Waals surface area (Å²) in [6.07, 6.45) is 0. The molecule has 0 radical (unpaired) electrons. The molecule has 0 aliphatic carbocycles. The smallest absolute Gasteiger partial charge is 0.317 e. The highest BCUT2D eigenvalue weighted by atomic mass is 35.5. The molecular weight excluding hydrogens is 199 g/mol. The van der Waals surface area contributed by atoms with E-state index in [9.17, 15) is 4.79 Å². The lowest BCUT2D eigenvalue weighted by molar-refractivity contribution is 0.204. The van der Waals surface area contributed by atoms with E-state index >= 15 is 0 Å². The molecule has 0 saturated carbocycles. The summed E-state index contributed by atoms with van der Waals surface area (Å²) in [5.41, 5.74) is 0. The molecule has 0 aliphatic rings. The number of nitrogens with zero attached hydrogens (tertiary/aromatic N) is 1. The van der Waals surface area contributed by atoms with E-state index in [1.165, 1.54) is 0 Å². The number of urea groups is 1. The number of amides is 2. The summed E-state index contributed by atoms with van der Waals surface area (Å²) in [5.74, 6) is 0.877. The predicted octanol–water partition coefficient (Wildman–Crippen LogP) is 1.50. The van der Waals surface area contributed by atoms with E-state index in [0.717, 1.165) is 0 Å². The van der Waals surface area contributed by atoms with Crippen molar-refractivity contribution in [1.82, 2.24) is 10.2 Å². The number of carbonyl (C=O) groups is 1. The van der Waals surface area contributed by atoms with Gasteiger partial charge in [0, 0.05) is 31.4 Å². The Labute approximate surface area is 83.0 Å². The molecule has 0 unspecified atom stereocenters. The topological polar surface area (TPSA) is 32.3 Å². The quantitative estimate of drug-likeness (QED) is 0.689. The van der Waals surface area contributed by atoms with E-state index in [4.69, 9.17) is 23.2 Å². The van der Waals surface area contributed by atoms with Crippen LogP contribution in [0.25, 0.3) is 0 Å². The zero-order valence-corrected chi connectivity index (χ0v) is 8.66. The largest absolute Gasteiger partial charge is 0.338 e. The lowest BCUT2D eigenvalue weighted by Gasteiger charge is -2.20. The van der Waals surface area contributed by atoms with E-state index in [1.54, 1.807) is 4.90 Å². The van der Waals surface area contributed by atoms with Crippen LogP contribution in [-0.4, -0.2) is 42.3 Å². The van der Waals surface area contributed by atoms with Crippen molar-refractivity contribution in [2.45, 2.75) is 6.92 Å². The minimum atomic E-state index is -0.0983. The molecule has 1 N–H and O–H groups in total. The lowest BCUT2D eigenvalue weighted by Crippen LogP contribution is -2.41. The summed E-state index contributed by atoms with van der Waals surface area (Å²) in [6.45, 7) is 3.58. The number of alkyl halides is 2. The Balaban J connectivity index is 3.81. The number of hydrogen-bond acceptors (Lipinski definition) is 1. The van der Waals surface area contributed by atoms with E-state index < -0.39 is 0 Å². The molecular formula is C7H14Cl2N2O. The average Bonchev–Trinajstić information content (AvgIpc) is 2.04. The molecule has 12 heavy (non-hydrogen) atoms. The van der Waals surface area contributed by atoms with Crippen molar-refractivity contribution in [3.8, 4) is 0 Å². The van der Waals surface area contributed by atoms with Gasteiger partial charge < -0.3 is 10.2 Å². The van der Waals surface area contributed by atoms with Crippen LogP contribution >= 0.6 is 23.2 Å². The number of halogens is 2. The molecule has 2 amide bonds. The molecule has 0 aliphatic heterocycles. The standard InChI is InChI=1S/C7H14Cl2N2O/c1-2-10-7(12)11(5-3-8)6-4-9/h2-6H2,1H3,(H,10,12). The second-order valence-electron chi connectivity index (χ2n) is 2.20. The van der Waals surface area contributed by atoms with Gasteiger partial charge in [0.25, 0.3) is 0 Å². The molecule has 3 nitrogen and oxygen atoms in total. The Bertz CT molecular complexity index is 127. The summed E-state index contributed by atoms with van der Waals surface area (Å²) in [4.78, 5) is 12.8.